The number of aromatic nitrogens is 1. The summed E-state index contributed by atoms with van der Waals surface area (Å²) in [5.74, 6) is 0. The Morgan fingerprint density at radius 1 is 0.436 bits per heavy atom. The lowest BCUT2D eigenvalue weighted by molar-refractivity contribution is 0.591. The average Bonchev–Trinajstić information content (AvgIpc) is 3.63. The summed E-state index contributed by atoms with van der Waals surface area (Å²) in [4.78, 5) is 0. The van der Waals surface area contributed by atoms with Crippen LogP contribution in [0.3, 0.4) is 0 Å². The van der Waals surface area contributed by atoms with Crippen LogP contribution < -0.4 is 0 Å². The van der Waals surface area contributed by atoms with Gasteiger partial charge in [-0.3, -0.25) is 0 Å². The van der Waals surface area contributed by atoms with Gasteiger partial charge < -0.3 is 4.57 Å². The Morgan fingerprint density at radius 2 is 0.964 bits per heavy atom. The second kappa shape index (κ2) is 11.8. The van der Waals surface area contributed by atoms with Gasteiger partial charge in [0.15, 0.2) is 0 Å². The van der Waals surface area contributed by atoms with E-state index in [0.29, 0.717) is 0 Å². The number of hydrogen-bond donors (Lipinski definition) is 0. The van der Waals surface area contributed by atoms with E-state index < -0.39 is 0 Å². The van der Waals surface area contributed by atoms with Crippen molar-refractivity contribution in [1.29, 1.82) is 0 Å². The quantitative estimate of drug-likeness (QED) is 0.172. The number of nitrogens with zero attached hydrogens (tertiary/aromatic N) is 1. The molecule has 1 nitrogen and oxygen atoms in total. The number of fused-ring (bicyclic) bond motifs is 8. The van der Waals surface area contributed by atoms with Gasteiger partial charge in [-0.1, -0.05) is 170 Å². The van der Waals surface area contributed by atoms with E-state index >= 15 is 0 Å². The van der Waals surface area contributed by atoms with E-state index in [1.807, 2.05) is 0 Å². The van der Waals surface area contributed by atoms with Crippen molar-refractivity contribution >= 4 is 33.0 Å². The Kier molecular flexibility index (Phi) is 7.21. The van der Waals surface area contributed by atoms with Crippen molar-refractivity contribution in [2.45, 2.75) is 64.7 Å². The Bertz CT molecular complexity index is 2830. The molecule has 2 aliphatic rings. The van der Waals surface area contributed by atoms with Crippen LogP contribution in [0.2, 0.25) is 0 Å². The van der Waals surface area contributed by atoms with Crippen molar-refractivity contribution in [3.05, 3.63) is 208 Å². The second-order valence-electron chi connectivity index (χ2n) is 17.8. The lowest BCUT2D eigenvalue weighted by Gasteiger charge is -2.38. The van der Waals surface area contributed by atoms with Crippen molar-refractivity contribution in [1.82, 2.24) is 4.57 Å². The van der Waals surface area contributed by atoms with Crippen molar-refractivity contribution < 1.29 is 0 Å². The van der Waals surface area contributed by atoms with Crippen LogP contribution in [0, 0.1) is 0 Å². The molecule has 0 aliphatic heterocycles. The number of rotatable bonds is 3. The molecule has 0 bridgehead atoms. The van der Waals surface area contributed by atoms with E-state index in [4.69, 9.17) is 0 Å². The summed E-state index contributed by atoms with van der Waals surface area (Å²) in [7, 11) is 0. The predicted molar refractivity (Wildman–Crippen MR) is 234 cm³/mol. The third-order valence-corrected chi connectivity index (χ3v) is 12.8. The van der Waals surface area contributed by atoms with Crippen LogP contribution in [0.4, 0.5) is 0 Å². The zero-order valence-electron chi connectivity index (χ0n) is 33.0. The monoisotopic (exact) mass is 709 g/mol. The first-order chi connectivity index (χ1) is 26.4. The largest absolute Gasteiger partial charge is 0.309 e. The van der Waals surface area contributed by atoms with Gasteiger partial charge in [-0.25, -0.2) is 0 Å². The molecule has 0 amide bonds. The van der Waals surface area contributed by atoms with E-state index in [2.05, 4.69) is 211 Å². The Hall–Kier alpha value is -5.92. The van der Waals surface area contributed by atoms with E-state index in [0.717, 1.165) is 0 Å². The molecule has 2 aliphatic carbocycles. The van der Waals surface area contributed by atoms with Crippen LogP contribution in [0.25, 0.3) is 49.8 Å². The Morgan fingerprint density at radius 3 is 1.60 bits per heavy atom. The molecule has 268 valence electrons. The zero-order valence-corrected chi connectivity index (χ0v) is 33.0. The highest BCUT2D eigenvalue weighted by atomic mass is 15.0. The predicted octanol–water partition coefficient (Wildman–Crippen LogP) is 14.0. The average molecular weight is 710 g/mol. The molecule has 0 saturated carbocycles. The topological polar surface area (TPSA) is 4.93 Å². The summed E-state index contributed by atoms with van der Waals surface area (Å²) in [5.41, 5.74) is 20.6. The lowest BCUT2D eigenvalue weighted by Crippen LogP contribution is -2.27. The molecule has 0 saturated heterocycles. The van der Waals surface area contributed by atoms with Gasteiger partial charge in [-0.05, 0) is 114 Å². The van der Waals surface area contributed by atoms with Gasteiger partial charge in [-0.15, -0.1) is 0 Å². The first-order valence-electron chi connectivity index (χ1n) is 19.8. The molecule has 55 heavy (non-hydrogen) atoms. The third kappa shape index (κ3) is 4.92. The summed E-state index contributed by atoms with van der Waals surface area (Å²) in [6, 6.07) is 59.4. The standard InChI is InChI=1S/C54H47N/c1-52(2,3)36-26-29-48-42(30-36)43-32-41-38-22-14-16-24-44(38)53(4,5)47(41)33-49(43)55(48)37-27-28-40-46(31-37)54(6,7)45-25-17-15-23-39(45)51(40)50(34-18-10-8-11-19-34)35-20-12-9-13-21-35/h8-33H,1-7H3. The second-order valence-corrected chi connectivity index (χ2v) is 17.8. The molecule has 8 aromatic rings. The van der Waals surface area contributed by atoms with Crippen LogP contribution in [0.5, 0.6) is 0 Å². The summed E-state index contributed by atoms with van der Waals surface area (Å²) in [6.45, 7) is 16.5. The van der Waals surface area contributed by atoms with E-state index in [1.54, 1.807) is 0 Å². The van der Waals surface area contributed by atoms with Crippen LogP contribution >= 0.6 is 0 Å². The molecule has 1 aromatic heterocycles. The molecule has 0 atom stereocenters. The summed E-state index contributed by atoms with van der Waals surface area (Å²) in [5, 5.41) is 2.62. The molecule has 0 fully saturated rings. The molecule has 0 unspecified atom stereocenters. The summed E-state index contributed by atoms with van der Waals surface area (Å²) >= 11 is 0. The molecule has 1 heteroatoms. The summed E-state index contributed by atoms with van der Waals surface area (Å²) < 4.78 is 2.55. The first-order valence-corrected chi connectivity index (χ1v) is 19.8. The molecule has 0 radical (unpaired) electrons. The van der Waals surface area contributed by atoms with Gasteiger partial charge in [0.05, 0.1) is 11.0 Å². The normalized spacial score (nSPS) is 15.1. The summed E-state index contributed by atoms with van der Waals surface area (Å²) in [6.07, 6.45) is 0. The maximum atomic E-state index is 2.55. The fourth-order valence-corrected chi connectivity index (χ4v) is 9.84. The van der Waals surface area contributed by atoms with E-state index in [-0.39, 0.29) is 16.2 Å². The van der Waals surface area contributed by atoms with Crippen LogP contribution in [-0.2, 0) is 16.2 Å². The minimum absolute atomic E-state index is 0.0368. The van der Waals surface area contributed by atoms with Gasteiger partial charge >= 0.3 is 0 Å². The number of hydrogen-bond acceptors (Lipinski definition) is 0. The number of benzene rings is 7. The van der Waals surface area contributed by atoms with Crippen molar-refractivity contribution in [3.63, 3.8) is 0 Å². The fourth-order valence-electron chi connectivity index (χ4n) is 9.84. The highest BCUT2D eigenvalue weighted by Crippen LogP contribution is 2.53. The fraction of sp³-hybridized carbons (Fsp3) is 0.185. The van der Waals surface area contributed by atoms with Gasteiger partial charge in [-0.2, -0.15) is 0 Å². The minimum atomic E-state index is -0.229. The SMILES string of the molecule is CC(C)(C)c1ccc2c(c1)c1cc3c(cc1n2-c1ccc2c(c1)C(C)(C)c1ccccc1C2=C(c1ccccc1)c1ccccc1)C(C)(C)c1ccccc1-3. The molecule has 1 heterocycles. The van der Waals surface area contributed by atoms with Crippen molar-refractivity contribution in [2.75, 3.05) is 0 Å². The molecular weight excluding hydrogens is 663 g/mol. The molecule has 0 N–H and O–H groups in total. The van der Waals surface area contributed by atoms with Gasteiger partial charge in [0.1, 0.15) is 0 Å². The zero-order chi connectivity index (χ0) is 37.9. The lowest BCUT2D eigenvalue weighted by atomic mass is 9.65. The minimum Gasteiger partial charge on any atom is -0.309 e. The van der Waals surface area contributed by atoms with Crippen LogP contribution in [0.1, 0.15) is 98.5 Å². The van der Waals surface area contributed by atoms with E-state index in [9.17, 15) is 0 Å². The molecule has 10 rings (SSSR count). The van der Waals surface area contributed by atoms with Crippen molar-refractivity contribution in [3.8, 4) is 16.8 Å². The first kappa shape index (κ1) is 33.6. The Labute approximate surface area is 325 Å². The maximum Gasteiger partial charge on any atom is 0.0544 e. The third-order valence-electron chi connectivity index (χ3n) is 12.8. The highest BCUT2D eigenvalue weighted by molar-refractivity contribution is 6.12. The maximum absolute atomic E-state index is 2.55. The highest BCUT2D eigenvalue weighted by Gasteiger charge is 2.38. The molecule has 7 aromatic carbocycles. The van der Waals surface area contributed by atoms with E-state index in [1.165, 1.54) is 99.8 Å². The Balaban J connectivity index is 1.29. The smallest absolute Gasteiger partial charge is 0.0544 e. The van der Waals surface area contributed by atoms with Gasteiger partial charge in [0.25, 0.3) is 0 Å². The van der Waals surface area contributed by atoms with Crippen LogP contribution in [0.15, 0.2) is 158 Å². The van der Waals surface area contributed by atoms with Gasteiger partial charge in [0.2, 0.25) is 0 Å². The van der Waals surface area contributed by atoms with Crippen LogP contribution in [-0.4, -0.2) is 4.57 Å². The van der Waals surface area contributed by atoms with Crippen molar-refractivity contribution in [2.24, 2.45) is 0 Å². The van der Waals surface area contributed by atoms with Gasteiger partial charge in [0, 0.05) is 27.3 Å². The molecule has 0 spiro atoms. The molecular formula is C54H47N.